The molecule has 0 saturated heterocycles. The van der Waals surface area contributed by atoms with Crippen molar-refractivity contribution in [3.05, 3.63) is 22.7 Å². The van der Waals surface area contributed by atoms with Gasteiger partial charge in [0.05, 0.1) is 0 Å². The fourth-order valence-electron chi connectivity index (χ4n) is 1.80. The zero-order valence-corrected chi connectivity index (χ0v) is 12.8. The van der Waals surface area contributed by atoms with Crippen LogP contribution in [0.4, 0.5) is 0 Å². The van der Waals surface area contributed by atoms with Crippen LogP contribution in [0.15, 0.2) is 21.3 Å². The van der Waals surface area contributed by atoms with E-state index >= 15 is 0 Å². The number of carbonyl (C=O) groups excluding carboxylic acids is 1. The molecule has 22 heavy (non-hydrogen) atoms. The smallest absolute Gasteiger partial charge is 0.303 e. The summed E-state index contributed by atoms with van der Waals surface area (Å²) < 4.78 is 5.11. The van der Waals surface area contributed by atoms with Gasteiger partial charge in [-0.2, -0.15) is 16.3 Å². The Hall–Kier alpha value is -2.22. The van der Waals surface area contributed by atoms with Crippen molar-refractivity contribution in [2.75, 3.05) is 6.54 Å². The molecule has 0 aliphatic heterocycles. The number of carboxylic acids is 1. The number of carbonyl (C=O) groups is 2. The van der Waals surface area contributed by atoms with Gasteiger partial charge in [-0.05, 0) is 24.3 Å². The predicted molar refractivity (Wildman–Crippen MR) is 80.4 cm³/mol. The maximum absolute atomic E-state index is 11.6. The highest BCUT2D eigenvalue weighted by molar-refractivity contribution is 7.08. The molecule has 1 amide bonds. The summed E-state index contributed by atoms with van der Waals surface area (Å²) in [6, 6.07) is 1.91. The molecular weight excluding hydrogens is 306 g/mol. The topological polar surface area (TPSA) is 105 Å². The first-order valence-electron chi connectivity index (χ1n) is 6.99. The number of aliphatic carboxylic acids is 1. The van der Waals surface area contributed by atoms with Gasteiger partial charge in [0.25, 0.3) is 0 Å². The number of unbranched alkanes of at least 4 members (excludes halogenated alkanes) is 1. The SMILES string of the molecule is O=C(O)CCCCNC(=O)CCc1nc(-c2ccsc2)no1. The van der Waals surface area contributed by atoms with Gasteiger partial charge >= 0.3 is 5.97 Å². The average Bonchev–Trinajstić information content (AvgIpc) is 3.15. The molecule has 2 aromatic heterocycles. The summed E-state index contributed by atoms with van der Waals surface area (Å²) in [6.07, 6.45) is 2.00. The number of hydrogen-bond donors (Lipinski definition) is 2. The molecule has 0 aliphatic rings. The van der Waals surface area contributed by atoms with E-state index in [0.717, 1.165) is 5.56 Å². The molecule has 0 radical (unpaired) electrons. The molecule has 7 nitrogen and oxygen atoms in total. The number of aromatic nitrogens is 2. The number of thiophene rings is 1. The molecule has 0 atom stereocenters. The lowest BCUT2D eigenvalue weighted by molar-refractivity contribution is -0.137. The van der Waals surface area contributed by atoms with Crippen LogP contribution in [0, 0.1) is 0 Å². The molecule has 0 fully saturated rings. The van der Waals surface area contributed by atoms with E-state index < -0.39 is 5.97 Å². The summed E-state index contributed by atoms with van der Waals surface area (Å²) in [4.78, 5) is 26.2. The lowest BCUT2D eigenvalue weighted by Crippen LogP contribution is -2.24. The number of aryl methyl sites for hydroxylation is 1. The second kappa shape index (κ2) is 8.28. The second-order valence-corrected chi connectivity index (χ2v) is 5.50. The number of amides is 1. The number of rotatable bonds is 9. The Kier molecular flexibility index (Phi) is 6.08. The van der Waals surface area contributed by atoms with Gasteiger partial charge in [-0.1, -0.05) is 5.16 Å². The van der Waals surface area contributed by atoms with Gasteiger partial charge in [-0.15, -0.1) is 0 Å². The highest BCUT2D eigenvalue weighted by Crippen LogP contribution is 2.18. The van der Waals surface area contributed by atoms with Crippen LogP contribution in [-0.2, 0) is 16.0 Å². The zero-order valence-electron chi connectivity index (χ0n) is 11.9. The Bertz CT molecular complexity index is 609. The van der Waals surface area contributed by atoms with E-state index in [9.17, 15) is 9.59 Å². The molecule has 2 aromatic rings. The Balaban J connectivity index is 1.65. The average molecular weight is 323 g/mol. The number of nitrogens with zero attached hydrogens (tertiary/aromatic N) is 2. The Labute approximate surface area is 131 Å². The molecule has 0 bridgehead atoms. The van der Waals surface area contributed by atoms with E-state index in [1.807, 2.05) is 16.8 Å². The number of carboxylic acid groups (broad SMARTS) is 1. The molecule has 0 saturated carbocycles. The van der Waals surface area contributed by atoms with Crippen molar-refractivity contribution in [1.29, 1.82) is 0 Å². The third-order valence-corrected chi connectivity index (χ3v) is 3.64. The summed E-state index contributed by atoms with van der Waals surface area (Å²) in [6.45, 7) is 0.482. The molecule has 0 unspecified atom stereocenters. The van der Waals surface area contributed by atoms with Gasteiger partial charge in [-0.25, -0.2) is 0 Å². The van der Waals surface area contributed by atoms with Crippen molar-refractivity contribution < 1.29 is 19.2 Å². The van der Waals surface area contributed by atoms with Gasteiger partial charge in [-0.3, -0.25) is 9.59 Å². The minimum atomic E-state index is -0.816. The van der Waals surface area contributed by atoms with Crippen molar-refractivity contribution >= 4 is 23.2 Å². The monoisotopic (exact) mass is 323 g/mol. The standard InChI is InChI=1S/C14H17N3O4S/c18-11(15-7-2-1-3-13(19)20)4-5-12-16-14(17-21-12)10-6-8-22-9-10/h6,8-9H,1-5,7H2,(H,15,18)(H,19,20). The maximum atomic E-state index is 11.6. The fourth-order valence-corrected chi connectivity index (χ4v) is 2.44. The lowest BCUT2D eigenvalue weighted by atomic mass is 10.2. The molecule has 2 rings (SSSR count). The van der Waals surface area contributed by atoms with Crippen LogP contribution in [0.25, 0.3) is 11.4 Å². The third kappa shape index (κ3) is 5.28. The Morgan fingerprint density at radius 2 is 2.18 bits per heavy atom. The van der Waals surface area contributed by atoms with Crippen LogP contribution in [-0.4, -0.2) is 33.7 Å². The Morgan fingerprint density at radius 1 is 1.32 bits per heavy atom. The van der Waals surface area contributed by atoms with Crippen molar-refractivity contribution in [2.24, 2.45) is 0 Å². The summed E-state index contributed by atoms with van der Waals surface area (Å²) in [5.41, 5.74) is 0.905. The van der Waals surface area contributed by atoms with Crippen molar-refractivity contribution in [3.63, 3.8) is 0 Å². The van der Waals surface area contributed by atoms with Crippen LogP contribution in [0.3, 0.4) is 0 Å². The molecule has 0 spiro atoms. The summed E-state index contributed by atoms with van der Waals surface area (Å²) in [5.74, 6) is 0.0438. The van der Waals surface area contributed by atoms with E-state index in [2.05, 4.69) is 15.5 Å². The van der Waals surface area contributed by atoms with Gasteiger partial charge in [0.1, 0.15) is 0 Å². The minimum absolute atomic E-state index is 0.106. The quantitative estimate of drug-likeness (QED) is 0.685. The molecule has 118 valence electrons. The van der Waals surface area contributed by atoms with Crippen LogP contribution in [0.1, 0.15) is 31.6 Å². The number of hydrogen-bond acceptors (Lipinski definition) is 6. The van der Waals surface area contributed by atoms with Crippen LogP contribution < -0.4 is 5.32 Å². The molecule has 8 heteroatoms. The normalized spacial score (nSPS) is 10.5. The molecular formula is C14H17N3O4S. The molecule has 2 heterocycles. The largest absolute Gasteiger partial charge is 0.481 e. The van der Waals surface area contributed by atoms with E-state index in [4.69, 9.17) is 9.63 Å². The molecule has 2 N–H and O–H groups in total. The first-order chi connectivity index (χ1) is 10.6. The van der Waals surface area contributed by atoms with E-state index in [0.29, 0.717) is 37.5 Å². The van der Waals surface area contributed by atoms with Crippen LogP contribution in [0.5, 0.6) is 0 Å². The lowest BCUT2D eigenvalue weighted by Gasteiger charge is -2.02. The number of nitrogens with one attached hydrogen (secondary N) is 1. The van der Waals surface area contributed by atoms with Crippen molar-refractivity contribution in [2.45, 2.75) is 32.1 Å². The first kappa shape index (κ1) is 16.2. The van der Waals surface area contributed by atoms with Crippen molar-refractivity contribution in [3.8, 4) is 11.4 Å². The highest BCUT2D eigenvalue weighted by atomic mass is 32.1. The van der Waals surface area contributed by atoms with Gasteiger partial charge in [0, 0.05) is 36.8 Å². The molecule has 0 aromatic carbocycles. The molecule has 0 aliphatic carbocycles. The maximum Gasteiger partial charge on any atom is 0.303 e. The fraction of sp³-hybridized carbons (Fsp3) is 0.429. The summed E-state index contributed by atoms with van der Waals surface area (Å²) in [7, 11) is 0. The van der Waals surface area contributed by atoms with Crippen molar-refractivity contribution in [1.82, 2.24) is 15.5 Å². The van der Waals surface area contributed by atoms with Gasteiger partial charge in [0.2, 0.25) is 17.6 Å². The van der Waals surface area contributed by atoms with E-state index in [-0.39, 0.29) is 18.7 Å². The minimum Gasteiger partial charge on any atom is -0.481 e. The van der Waals surface area contributed by atoms with Gasteiger partial charge in [0.15, 0.2) is 0 Å². The third-order valence-electron chi connectivity index (χ3n) is 2.95. The zero-order chi connectivity index (χ0) is 15.8. The van der Waals surface area contributed by atoms with E-state index in [1.54, 1.807) is 11.3 Å². The first-order valence-corrected chi connectivity index (χ1v) is 7.93. The predicted octanol–water partition coefficient (Wildman–Crippen LogP) is 2.10. The highest BCUT2D eigenvalue weighted by Gasteiger charge is 2.10. The van der Waals surface area contributed by atoms with Crippen LogP contribution >= 0.6 is 11.3 Å². The Morgan fingerprint density at radius 3 is 2.91 bits per heavy atom. The summed E-state index contributed by atoms with van der Waals surface area (Å²) in [5, 5.41) is 19.0. The summed E-state index contributed by atoms with van der Waals surface area (Å²) >= 11 is 1.55. The second-order valence-electron chi connectivity index (χ2n) is 4.72. The van der Waals surface area contributed by atoms with Gasteiger partial charge < -0.3 is 14.9 Å². The van der Waals surface area contributed by atoms with Crippen LogP contribution in [0.2, 0.25) is 0 Å². The van der Waals surface area contributed by atoms with E-state index in [1.165, 1.54) is 0 Å².